The van der Waals surface area contributed by atoms with E-state index in [9.17, 15) is 4.79 Å². The minimum Gasteiger partial charge on any atom is -0.376 e. The average Bonchev–Trinajstić information content (AvgIpc) is 2.64. The fraction of sp³-hybridized carbons (Fsp3) is 0.350. The molecule has 1 unspecified atom stereocenters. The normalized spacial score (nSPS) is 17.0. The molecule has 0 bridgehead atoms. The third kappa shape index (κ3) is 3.62. The SMILES string of the molecule is COC(c1ccccc1)C1CCN(C(=O)c2ccccc2)CC1. The topological polar surface area (TPSA) is 29.5 Å². The van der Waals surface area contributed by atoms with Gasteiger partial charge in [0, 0.05) is 25.8 Å². The van der Waals surface area contributed by atoms with Crippen molar-refractivity contribution in [1.82, 2.24) is 4.90 Å². The van der Waals surface area contributed by atoms with Crippen LogP contribution in [0.3, 0.4) is 0 Å². The molecule has 1 fully saturated rings. The van der Waals surface area contributed by atoms with Gasteiger partial charge in [-0.2, -0.15) is 0 Å². The maximum atomic E-state index is 12.5. The van der Waals surface area contributed by atoms with Crippen LogP contribution in [0, 0.1) is 5.92 Å². The number of nitrogens with zero attached hydrogens (tertiary/aromatic N) is 1. The number of carbonyl (C=O) groups excluding carboxylic acids is 1. The van der Waals surface area contributed by atoms with Crippen LogP contribution in [0.25, 0.3) is 0 Å². The number of carbonyl (C=O) groups is 1. The van der Waals surface area contributed by atoms with Crippen LogP contribution in [0.1, 0.15) is 34.9 Å². The highest BCUT2D eigenvalue weighted by molar-refractivity contribution is 5.94. The Morgan fingerprint density at radius 1 is 1.00 bits per heavy atom. The number of methoxy groups -OCH3 is 1. The first-order chi connectivity index (χ1) is 11.3. The van der Waals surface area contributed by atoms with Crippen molar-refractivity contribution in [1.29, 1.82) is 0 Å². The number of piperidine rings is 1. The van der Waals surface area contributed by atoms with Gasteiger partial charge in [-0.15, -0.1) is 0 Å². The first-order valence-electron chi connectivity index (χ1n) is 8.21. The van der Waals surface area contributed by atoms with E-state index in [1.165, 1.54) is 5.56 Å². The average molecular weight is 309 g/mol. The van der Waals surface area contributed by atoms with Gasteiger partial charge in [0.05, 0.1) is 6.10 Å². The van der Waals surface area contributed by atoms with E-state index in [1.54, 1.807) is 7.11 Å². The predicted octanol–water partition coefficient (Wildman–Crippen LogP) is 3.93. The van der Waals surface area contributed by atoms with Crippen LogP contribution in [0.2, 0.25) is 0 Å². The number of hydrogen-bond acceptors (Lipinski definition) is 2. The molecule has 1 atom stereocenters. The number of likely N-dealkylation sites (tertiary alicyclic amines) is 1. The van der Waals surface area contributed by atoms with Crippen molar-refractivity contribution in [2.45, 2.75) is 18.9 Å². The quantitative estimate of drug-likeness (QED) is 0.856. The van der Waals surface area contributed by atoms with Crippen molar-refractivity contribution < 1.29 is 9.53 Å². The van der Waals surface area contributed by atoms with Crippen molar-refractivity contribution in [2.24, 2.45) is 5.92 Å². The standard InChI is InChI=1S/C20H23NO2/c1-23-19(16-8-4-2-5-9-16)17-12-14-21(15-13-17)20(22)18-10-6-3-7-11-18/h2-11,17,19H,12-15H2,1H3. The lowest BCUT2D eigenvalue weighted by Crippen LogP contribution is -2.40. The molecule has 120 valence electrons. The molecule has 3 heteroatoms. The summed E-state index contributed by atoms with van der Waals surface area (Å²) in [5.74, 6) is 0.597. The molecular formula is C20H23NO2. The molecule has 23 heavy (non-hydrogen) atoms. The van der Waals surface area contributed by atoms with E-state index in [1.807, 2.05) is 41.3 Å². The van der Waals surface area contributed by atoms with Crippen LogP contribution in [-0.4, -0.2) is 31.0 Å². The number of hydrogen-bond donors (Lipinski definition) is 0. The Hall–Kier alpha value is -2.13. The lowest BCUT2D eigenvalue weighted by atomic mass is 9.87. The second-order valence-electron chi connectivity index (χ2n) is 6.06. The first-order valence-corrected chi connectivity index (χ1v) is 8.21. The zero-order valence-electron chi connectivity index (χ0n) is 13.5. The maximum absolute atomic E-state index is 12.5. The third-order valence-electron chi connectivity index (χ3n) is 4.66. The Balaban J connectivity index is 1.63. The molecule has 1 amide bonds. The minimum atomic E-state index is 0.116. The van der Waals surface area contributed by atoms with E-state index in [-0.39, 0.29) is 12.0 Å². The van der Waals surface area contributed by atoms with E-state index < -0.39 is 0 Å². The summed E-state index contributed by atoms with van der Waals surface area (Å²) in [5, 5.41) is 0. The summed E-state index contributed by atoms with van der Waals surface area (Å²) >= 11 is 0. The van der Waals surface area contributed by atoms with Crippen LogP contribution in [-0.2, 0) is 4.74 Å². The van der Waals surface area contributed by atoms with Crippen LogP contribution < -0.4 is 0 Å². The van der Waals surface area contributed by atoms with Gasteiger partial charge < -0.3 is 9.64 Å². The van der Waals surface area contributed by atoms with E-state index in [0.717, 1.165) is 31.5 Å². The smallest absolute Gasteiger partial charge is 0.253 e. The van der Waals surface area contributed by atoms with Gasteiger partial charge in [0.15, 0.2) is 0 Å². The first kappa shape index (κ1) is 15.8. The van der Waals surface area contributed by atoms with Crippen molar-refractivity contribution in [2.75, 3.05) is 20.2 Å². The highest BCUT2D eigenvalue weighted by Crippen LogP contribution is 2.33. The van der Waals surface area contributed by atoms with Crippen LogP contribution in [0.15, 0.2) is 60.7 Å². The number of amides is 1. The Morgan fingerprint density at radius 2 is 1.57 bits per heavy atom. The Bertz CT molecular complexity index is 619. The lowest BCUT2D eigenvalue weighted by Gasteiger charge is -2.35. The summed E-state index contributed by atoms with van der Waals surface area (Å²) in [6, 6.07) is 19.9. The Kier molecular flexibility index (Phi) is 5.09. The molecule has 0 aliphatic carbocycles. The highest BCUT2D eigenvalue weighted by atomic mass is 16.5. The Morgan fingerprint density at radius 3 is 2.13 bits per heavy atom. The zero-order valence-corrected chi connectivity index (χ0v) is 13.5. The van der Waals surface area contributed by atoms with Gasteiger partial charge in [0.25, 0.3) is 5.91 Å². The maximum Gasteiger partial charge on any atom is 0.253 e. The van der Waals surface area contributed by atoms with E-state index in [4.69, 9.17) is 4.74 Å². The molecular weight excluding hydrogens is 286 g/mol. The van der Waals surface area contributed by atoms with Crippen molar-refractivity contribution >= 4 is 5.91 Å². The molecule has 2 aromatic rings. The second kappa shape index (κ2) is 7.42. The van der Waals surface area contributed by atoms with Gasteiger partial charge >= 0.3 is 0 Å². The summed E-state index contributed by atoms with van der Waals surface area (Å²) in [6.07, 6.45) is 2.07. The Labute approximate surface area is 137 Å². The molecule has 2 aromatic carbocycles. The van der Waals surface area contributed by atoms with Crippen LogP contribution in [0.4, 0.5) is 0 Å². The monoisotopic (exact) mass is 309 g/mol. The van der Waals surface area contributed by atoms with Crippen LogP contribution in [0.5, 0.6) is 0 Å². The van der Waals surface area contributed by atoms with E-state index in [2.05, 4.69) is 24.3 Å². The summed E-state index contributed by atoms with van der Waals surface area (Å²) in [4.78, 5) is 14.5. The summed E-state index contributed by atoms with van der Waals surface area (Å²) in [5.41, 5.74) is 2.00. The van der Waals surface area contributed by atoms with Gasteiger partial charge in [-0.05, 0) is 36.5 Å². The molecule has 0 radical (unpaired) electrons. The summed E-state index contributed by atoms with van der Waals surface area (Å²) < 4.78 is 5.75. The van der Waals surface area contributed by atoms with Gasteiger partial charge in [0.2, 0.25) is 0 Å². The van der Waals surface area contributed by atoms with Gasteiger partial charge in [-0.3, -0.25) is 4.79 Å². The van der Waals surface area contributed by atoms with Crippen molar-refractivity contribution in [3.05, 3.63) is 71.8 Å². The van der Waals surface area contributed by atoms with Gasteiger partial charge in [-0.1, -0.05) is 48.5 Å². The molecule has 3 nitrogen and oxygen atoms in total. The molecule has 0 spiro atoms. The van der Waals surface area contributed by atoms with Crippen LogP contribution >= 0.6 is 0 Å². The third-order valence-corrected chi connectivity index (χ3v) is 4.66. The molecule has 0 aromatic heterocycles. The second-order valence-corrected chi connectivity index (χ2v) is 6.06. The van der Waals surface area contributed by atoms with Gasteiger partial charge in [0.1, 0.15) is 0 Å². The number of ether oxygens (including phenoxy) is 1. The molecule has 1 aliphatic rings. The van der Waals surface area contributed by atoms with E-state index >= 15 is 0 Å². The molecule has 3 rings (SSSR count). The molecule has 1 saturated heterocycles. The summed E-state index contributed by atoms with van der Waals surface area (Å²) in [6.45, 7) is 1.59. The molecule has 0 saturated carbocycles. The zero-order chi connectivity index (χ0) is 16.1. The lowest BCUT2D eigenvalue weighted by molar-refractivity contribution is 0.0195. The molecule has 1 heterocycles. The van der Waals surface area contributed by atoms with Gasteiger partial charge in [-0.25, -0.2) is 0 Å². The molecule has 0 N–H and O–H groups in total. The fourth-order valence-electron chi connectivity index (χ4n) is 3.41. The number of benzene rings is 2. The number of rotatable bonds is 4. The fourth-order valence-corrected chi connectivity index (χ4v) is 3.41. The predicted molar refractivity (Wildman–Crippen MR) is 91.3 cm³/mol. The largest absolute Gasteiger partial charge is 0.376 e. The highest BCUT2D eigenvalue weighted by Gasteiger charge is 2.29. The van der Waals surface area contributed by atoms with Crippen molar-refractivity contribution in [3.8, 4) is 0 Å². The summed E-state index contributed by atoms with van der Waals surface area (Å²) in [7, 11) is 1.78. The van der Waals surface area contributed by atoms with Crippen molar-refractivity contribution in [3.63, 3.8) is 0 Å². The molecule has 1 aliphatic heterocycles. The van der Waals surface area contributed by atoms with E-state index in [0.29, 0.717) is 5.92 Å². The minimum absolute atomic E-state index is 0.116.